The quantitative estimate of drug-likeness (QED) is 0.870. The summed E-state index contributed by atoms with van der Waals surface area (Å²) < 4.78 is 5.20. The zero-order chi connectivity index (χ0) is 14.0. The summed E-state index contributed by atoms with van der Waals surface area (Å²) in [5, 5.41) is 9.77. The van der Waals surface area contributed by atoms with Gasteiger partial charge in [-0.1, -0.05) is 6.07 Å². The SMILES string of the molecule is COc1cc(C)c2nc(CC(N)C(=O)O)ccc2c1. The third-order valence-corrected chi connectivity index (χ3v) is 3.00. The molecule has 0 bridgehead atoms. The fourth-order valence-corrected chi connectivity index (χ4v) is 1.96. The molecule has 1 atom stereocenters. The van der Waals surface area contributed by atoms with Crippen LogP contribution >= 0.6 is 0 Å². The van der Waals surface area contributed by atoms with Crippen molar-refractivity contribution in [1.82, 2.24) is 4.98 Å². The molecule has 0 radical (unpaired) electrons. The average molecular weight is 260 g/mol. The van der Waals surface area contributed by atoms with Crippen LogP contribution in [0.4, 0.5) is 0 Å². The lowest BCUT2D eigenvalue weighted by Gasteiger charge is -2.09. The van der Waals surface area contributed by atoms with Gasteiger partial charge in [0.05, 0.1) is 12.6 Å². The second-order valence-corrected chi connectivity index (χ2v) is 4.47. The maximum absolute atomic E-state index is 10.7. The minimum atomic E-state index is -1.02. The molecule has 2 aromatic rings. The maximum Gasteiger partial charge on any atom is 0.320 e. The van der Waals surface area contributed by atoms with Crippen molar-refractivity contribution in [1.29, 1.82) is 0 Å². The molecule has 0 saturated heterocycles. The Labute approximate surface area is 111 Å². The van der Waals surface area contributed by atoms with Gasteiger partial charge in [-0.3, -0.25) is 9.78 Å². The minimum absolute atomic E-state index is 0.219. The van der Waals surface area contributed by atoms with Gasteiger partial charge in [0.2, 0.25) is 0 Å². The van der Waals surface area contributed by atoms with Crippen LogP contribution in [0.15, 0.2) is 24.3 Å². The Balaban J connectivity index is 2.40. The molecule has 19 heavy (non-hydrogen) atoms. The number of carboxylic acid groups (broad SMARTS) is 1. The Bertz CT molecular complexity index is 625. The molecule has 1 aromatic heterocycles. The fourth-order valence-electron chi connectivity index (χ4n) is 1.96. The lowest BCUT2D eigenvalue weighted by molar-refractivity contribution is -0.138. The van der Waals surface area contributed by atoms with E-state index in [0.717, 1.165) is 22.2 Å². The number of hydrogen-bond acceptors (Lipinski definition) is 4. The topological polar surface area (TPSA) is 85.4 Å². The first-order chi connectivity index (χ1) is 9.01. The number of nitrogens with two attached hydrogens (primary N) is 1. The van der Waals surface area contributed by atoms with Crippen molar-refractivity contribution >= 4 is 16.9 Å². The number of aromatic nitrogens is 1. The Morgan fingerprint density at radius 1 is 1.47 bits per heavy atom. The van der Waals surface area contributed by atoms with Crippen molar-refractivity contribution in [3.05, 3.63) is 35.5 Å². The number of carboxylic acids is 1. The first-order valence-electron chi connectivity index (χ1n) is 5.94. The van der Waals surface area contributed by atoms with E-state index in [-0.39, 0.29) is 6.42 Å². The molecule has 0 spiro atoms. The molecule has 0 aliphatic rings. The zero-order valence-corrected chi connectivity index (χ0v) is 10.9. The van der Waals surface area contributed by atoms with Gasteiger partial charge in [0.25, 0.3) is 0 Å². The van der Waals surface area contributed by atoms with E-state index in [1.54, 1.807) is 13.2 Å². The molecule has 3 N–H and O–H groups in total. The summed E-state index contributed by atoms with van der Waals surface area (Å²) in [4.78, 5) is 15.2. The predicted molar refractivity (Wildman–Crippen MR) is 72.3 cm³/mol. The Kier molecular flexibility index (Phi) is 3.66. The summed E-state index contributed by atoms with van der Waals surface area (Å²) in [6.45, 7) is 1.94. The van der Waals surface area contributed by atoms with E-state index in [0.29, 0.717) is 5.69 Å². The Morgan fingerprint density at radius 2 is 2.21 bits per heavy atom. The molecule has 5 heteroatoms. The van der Waals surface area contributed by atoms with Crippen LogP contribution in [0.25, 0.3) is 10.9 Å². The highest BCUT2D eigenvalue weighted by Crippen LogP contribution is 2.23. The van der Waals surface area contributed by atoms with Gasteiger partial charge < -0.3 is 15.6 Å². The van der Waals surface area contributed by atoms with Crippen LogP contribution in [0.2, 0.25) is 0 Å². The second kappa shape index (κ2) is 5.24. The number of aliphatic carboxylic acids is 1. The standard InChI is InChI=1S/C14H16N2O3/c1-8-5-11(19-2)6-9-3-4-10(16-13(8)9)7-12(15)14(17)18/h3-6,12H,7,15H2,1-2H3,(H,17,18). The molecule has 5 nitrogen and oxygen atoms in total. The van der Waals surface area contributed by atoms with Crippen molar-refractivity contribution in [2.45, 2.75) is 19.4 Å². The number of fused-ring (bicyclic) bond motifs is 1. The van der Waals surface area contributed by atoms with Gasteiger partial charge in [-0.15, -0.1) is 0 Å². The third kappa shape index (κ3) is 2.82. The number of aryl methyl sites for hydroxylation is 1. The molecule has 0 saturated carbocycles. The molecule has 100 valence electrons. The minimum Gasteiger partial charge on any atom is -0.497 e. The number of carbonyl (C=O) groups is 1. The number of benzene rings is 1. The number of hydrogen-bond donors (Lipinski definition) is 2. The smallest absolute Gasteiger partial charge is 0.320 e. The van der Waals surface area contributed by atoms with Crippen LogP contribution in [-0.4, -0.2) is 29.2 Å². The van der Waals surface area contributed by atoms with Crippen LogP contribution in [0, 0.1) is 6.92 Å². The van der Waals surface area contributed by atoms with Gasteiger partial charge in [-0.2, -0.15) is 0 Å². The van der Waals surface area contributed by atoms with E-state index in [1.807, 2.05) is 25.1 Å². The highest BCUT2D eigenvalue weighted by molar-refractivity contribution is 5.83. The largest absolute Gasteiger partial charge is 0.497 e. The molecule has 0 fully saturated rings. The van der Waals surface area contributed by atoms with Crippen LogP contribution in [0.3, 0.4) is 0 Å². The second-order valence-electron chi connectivity index (χ2n) is 4.47. The van der Waals surface area contributed by atoms with Crippen molar-refractivity contribution in [3.8, 4) is 5.75 Å². The van der Waals surface area contributed by atoms with Gasteiger partial charge in [-0.05, 0) is 30.7 Å². The fraction of sp³-hybridized carbons (Fsp3) is 0.286. The van der Waals surface area contributed by atoms with Crippen molar-refractivity contribution in [2.75, 3.05) is 7.11 Å². The lowest BCUT2D eigenvalue weighted by atomic mass is 10.1. The van der Waals surface area contributed by atoms with Gasteiger partial charge >= 0.3 is 5.97 Å². The molecule has 0 aliphatic heterocycles. The summed E-state index contributed by atoms with van der Waals surface area (Å²) in [7, 11) is 1.62. The highest BCUT2D eigenvalue weighted by Gasteiger charge is 2.13. The molecular weight excluding hydrogens is 244 g/mol. The van der Waals surface area contributed by atoms with Crippen LogP contribution < -0.4 is 10.5 Å². The summed E-state index contributed by atoms with van der Waals surface area (Å²) >= 11 is 0. The molecule has 1 unspecified atom stereocenters. The van der Waals surface area contributed by atoms with E-state index in [2.05, 4.69) is 4.98 Å². The van der Waals surface area contributed by atoms with Crippen LogP contribution in [-0.2, 0) is 11.2 Å². The van der Waals surface area contributed by atoms with Crippen LogP contribution in [0.1, 0.15) is 11.3 Å². The molecule has 1 heterocycles. The monoisotopic (exact) mass is 260 g/mol. The van der Waals surface area contributed by atoms with E-state index in [4.69, 9.17) is 15.6 Å². The van der Waals surface area contributed by atoms with E-state index in [9.17, 15) is 4.79 Å². The van der Waals surface area contributed by atoms with Gasteiger partial charge in [0, 0.05) is 17.5 Å². The zero-order valence-electron chi connectivity index (χ0n) is 10.9. The molecule has 0 aliphatic carbocycles. The van der Waals surface area contributed by atoms with Crippen molar-refractivity contribution in [3.63, 3.8) is 0 Å². The van der Waals surface area contributed by atoms with Gasteiger partial charge in [0.15, 0.2) is 0 Å². The molecule has 1 aromatic carbocycles. The Hall–Kier alpha value is -2.14. The highest BCUT2D eigenvalue weighted by atomic mass is 16.5. The van der Waals surface area contributed by atoms with E-state index in [1.165, 1.54) is 0 Å². The predicted octanol–water partition coefficient (Wildman–Crippen LogP) is 1.51. The summed E-state index contributed by atoms with van der Waals surface area (Å²) in [5.74, 6) is -0.241. The molecule has 2 rings (SSSR count). The van der Waals surface area contributed by atoms with E-state index >= 15 is 0 Å². The summed E-state index contributed by atoms with van der Waals surface area (Å²) in [6, 6.07) is 6.57. The maximum atomic E-state index is 10.7. The molecule has 0 amide bonds. The number of pyridine rings is 1. The lowest BCUT2D eigenvalue weighted by Crippen LogP contribution is -2.32. The van der Waals surface area contributed by atoms with Crippen molar-refractivity contribution in [2.24, 2.45) is 5.73 Å². The van der Waals surface area contributed by atoms with Crippen molar-refractivity contribution < 1.29 is 14.6 Å². The third-order valence-electron chi connectivity index (χ3n) is 3.00. The normalized spacial score (nSPS) is 12.4. The number of rotatable bonds is 4. The molecular formula is C14H16N2O3. The summed E-state index contributed by atoms with van der Waals surface area (Å²) in [5.41, 5.74) is 8.02. The van der Waals surface area contributed by atoms with Gasteiger partial charge in [0.1, 0.15) is 11.8 Å². The number of ether oxygens (including phenoxy) is 1. The van der Waals surface area contributed by atoms with Crippen LogP contribution in [0.5, 0.6) is 5.75 Å². The first kappa shape index (κ1) is 13.3. The van der Waals surface area contributed by atoms with Gasteiger partial charge in [-0.25, -0.2) is 0 Å². The summed E-state index contributed by atoms with van der Waals surface area (Å²) in [6.07, 6.45) is 0.219. The first-order valence-corrected chi connectivity index (χ1v) is 5.94. The number of nitrogens with zero attached hydrogens (tertiary/aromatic N) is 1. The van der Waals surface area contributed by atoms with E-state index < -0.39 is 12.0 Å². The average Bonchev–Trinajstić information content (AvgIpc) is 2.39. The number of methoxy groups -OCH3 is 1. The Morgan fingerprint density at radius 3 is 2.84 bits per heavy atom.